The summed E-state index contributed by atoms with van der Waals surface area (Å²) in [6.07, 6.45) is 3.85. The van der Waals surface area contributed by atoms with Gasteiger partial charge in [0.05, 0.1) is 0 Å². The number of hydrogen-bond acceptors (Lipinski definition) is 2. The van der Waals surface area contributed by atoms with Crippen LogP contribution in [0.1, 0.15) is 30.0 Å². The van der Waals surface area contributed by atoms with Crippen LogP contribution in [-0.2, 0) is 6.42 Å². The molecular formula is C14H20N2. The van der Waals surface area contributed by atoms with Gasteiger partial charge in [0, 0.05) is 18.6 Å². The van der Waals surface area contributed by atoms with Crippen molar-refractivity contribution in [3.63, 3.8) is 0 Å². The number of fused-ring (bicyclic) bond motifs is 1. The molecular weight excluding hydrogens is 196 g/mol. The number of nitrogens with zero attached hydrogens (tertiary/aromatic N) is 1. The monoisotopic (exact) mass is 216 g/mol. The largest absolute Gasteiger partial charge is 0.315 e. The summed E-state index contributed by atoms with van der Waals surface area (Å²) in [5.41, 5.74) is 3.13. The molecule has 0 bridgehead atoms. The average Bonchev–Trinajstić information content (AvgIpc) is 2.98. The second-order valence-electron chi connectivity index (χ2n) is 5.07. The highest BCUT2D eigenvalue weighted by Crippen LogP contribution is 2.36. The summed E-state index contributed by atoms with van der Waals surface area (Å²) in [6.45, 7) is 2.35. The molecule has 1 aromatic rings. The van der Waals surface area contributed by atoms with Crippen LogP contribution in [0.5, 0.6) is 0 Å². The summed E-state index contributed by atoms with van der Waals surface area (Å²) >= 11 is 0. The van der Waals surface area contributed by atoms with Gasteiger partial charge in [0.1, 0.15) is 0 Å². The molecule has 0 amide bonds. The molecule has 2 unspecified atom stereocenters. The smallest absolute Gasteiger partial charge is 0.0354 e. The van der Waals surface area contributed by atoms with Gasteiger partial charge in [0.25, 0.3) is 0 Å². The highest BCUT2D eigenvalue weighted by molar-refractivity contribution is 5.34. The molecule has 1 aliphatic heterocycles. The SMILES string of the molecule is CN(C1CCNC1)C1CCc2ccccc21. The quantitative estimate of drug-likeness (QED) is 0.813. The normalized spacial score (nSPS) is 28.6. The second-order valence-corrected chi connectivity index (χ2v) is 5.07. The van der Waals surface area contributed by atoms with Crippen molar-refractivity contribution in [2.75, 3.05) is 20.1 Å². The lowest BCUT2D eigenvalue weighted by molar-refractivity contribution is 0.184. The molecule has 3 rings (SSSR count). The standard InChI is InChI=1S/C14H20N2/c1-16(12-8-9-15-10-12)14-7-6-11-4-2-3-5-13(11)14/h2-5,12,14-15H,6-10H2,1H3. The molecule has 2 atom stereocenters. The van der Waals surface area contributed by atoms with E-state index in [1.54, 1.807) is 11.1 Å². The van der Waals surface area contributed by atoms with Crippen molar-refractivity contribution in [3.8, 4) is 0 Å². The highest BCUT2D eigenvalue weighted by atomic mass is 15.2. The molecule has 1 N–H and O–H groups in total. The molecule has 16 heavy (non-hydrogen) atoms. The molecule has 86 valence electrons. The minimum absolute atomic E-state index is 0.654. The van der Waals surface area contributed by atoms with E-state index in [1.165, 1.54) is 25.8 Å². The number of benzene rings is 1. The lowest BCUT2D eigenvalue weighted by Crippen LogP contribution is -2.35. The Labute approximate surface area is 97.6 Å². The van der Waals surface area contributed by atoms with Crippen LogP contribution >= 0.6 is 0 Å². The van der Waals surface area contributed by atoms with Gasteiger partial charge < -0.3 is 5.32 Å². The number of rotatable bonds is 2. The number of nitrogens with one attached hydrogen (secondary N) is 1. The van der Waals surface area contributed by atoms with E-state index in [4.69, 9.17) is 0 Å². The first-order valence-corrected chi connectivity index (χ1v) is 6.37. The van der Waals surface area contributed by atoms with E-state index in [-0.39, 0.29) is 0 Å². The van der Waals surface area contributed by atoms with E-state index < -0.39 is 0 Å². The fourth-order valence-corrected chi connectivity index (χ4v) is 3.20. The van der Waals surface area contributed by atoms with Gasteiger partial charge in [-0.05, 0) is 44.0 Å². The zero-order valence-corrected chi connectivity index (χ0v) is 9.95. The third kappa shape index (κ3) is 1.66. The van der Waals surface area contributed by atoms with E-state index in [2.05, 4.69) is 41.5 Å². The molecule has 1 aromatic carbocycles. The molecule has 2 nitrogen and oxygen atoms in total. The molecule has 1 fully saturated rings. The lowest BCUT2D eigenvalue weighted by atomic mass is 10.1. The Balaban J connectivity index is 1.81. The number of hydrogen-bond donors (Lipinski definition) is 1. The Bertz CT molecular complexity index is 369. The maximum absolute atomic E-state index is 3.46. The topological polar surface area (TPSA) is 15.3 Å². The minimum Gasteiger partial charge on any atom is -0.315 e. The van der Waals surface area contributed by atoms with Gasteiger partial charge in [0.2, 0.25) is 0 Å². The predicted molar refractivity (Wildman–Crippen MR) is 66.5 cm³/mol. The van der Waals surface area contributed by atoms with E-state index >= 15 is 0 Å². The molecule has 0 aromatic heterocycles. The van der Waals surface area contributed by atoms with Crippen LogP contribution in [0.25, 0.3) is 0 Å². The second kappa shape index (κ2) is 4.19. The zero-order chi connectivity index (χ0) is 11.0. The van der Waals surface area contributed by atoms with Crippen molar-refractivity contribution < 1.29 is 0 Å². The summed E-state index contributed by atoms with van der Waals surface area (Å²) in [7, 11) is 2.30. The first-order chi connectivity index (χ1) is 7.86. The van der Waals surface area contributed by atoms with E-state index in [0.717, 1.165) is 12.6 Å². The number of aryl methyl sites for hydroxylation is 1. The van der Waals surface area contributed by atoms with Crippen LogP contribution in [0.2, 0.25) is 0 Å². The maximum atomic E-state index is 3.46. The molecule has 1 saturated heterocycles. The van der Waals surface area contributed by atoms with Crippen LogP contribution < -0.4 is 5.32 Å². The predicted octanol–water partition coefficient (Wildman–Crippen LogP) is 1.97. The van der Waals surface area contributed by atoms with E-state index in [0.29, 0.717) is 6.04 Å². The molecule has 1 aliphatic carbocycles. The molecule has 2 aliphatic rings. The van der Waals surface area contributed by atoms with Crippen molar-refractivity contribution in [3.05, 3.63) is 35.4 Å². The molecule has 0 spiro atoms. The fraction of sp³-hybridized carbons (Fsp3) is 0.571. The molecule has 0 saturated carbocycles. The Morgan fingerprint density at radius 3 is 2.94 bits per heavy atom. The van der Waals surface area contributed by atoms with Crippen molar-refractivity contribution in [2.45, 2.75) is 31.3 Å². The van der Waals surface area contributed by atoms with Gasteiger partial charge in [0.15, 0.2) is 0 Å². The van der Waals surface area contributed by atoms with Gasteiger partial charge in [-0.15, -0.1) is 0 Å². The fourth-order valence-electron chi connectivity index (χ4n) is 3.20. The van der Waals surface area contributed by atoms with E-state index in [9.17, 15) is 0 Å². The Morgan fingerprint density at radius 2 is 2.12 bits per heavy atom. The van der Waals surface area contributed by atoms with Gasteiger partial charge in [-0.2, -0.15) is 0 Å². The third-order valence-corrected chi connectivity index (χ3v) is 4.20. The van der Waals surface area contributed by atoms with Gasteiger partial charge in [-0.25, -0.2) is 0 Å². The summed E-state index contributed by atoms with van der Waals surface area (Å²) in [6, 6.07) is 10.3. The summed E-state index contributed by atoms with van der Waals surface area (Å²) in [5.74, 6) is 0. The van der Waals surface area contributed by atoms with Gasteiger partial charge in [-0.3, -0.25) is 4.90 Å². The Morgan fingerprint density at radius 1 is 1.25 bits per heavy atom. The molecule has 0 radical (unpaired) electrons. The highest BCUT2D eigenvalue weighted by Gasteiger charge is 2.30. The van der Waals surface area contributed by atoms with Crippen LogP contribution in [0.4, 0.5) is 0 Å². The molecule has 2 heteroatoms. The first-order valence-electron chi connectivity index (χ1n) is 6.37. The van der Waals surface area contributed by atoms with Crippen LogP contribution in [0, 0.1) is 0 Å². The summed E-state index contributed by atoms with van der Waals surface area (Å²) in [4.78, 5) is 2.59. The van der Waals surface area contributed by atoms with Gasteiger partial charge >= 0.3 is 0 Å². The van der Waals surface area contributed by atoms with Crippen molar-refractivity contribution in [2.24, 2.45) is 0 Å². The van der Waals surface area contributed by atoms with Crippen LogP contribution in [-0.4, -0.2) is 31.1 Å². The average molecular weight is 216 g/mol. The third-order valence-electron chi connectivity index (χ3n) is 4.20. The van der Waals surface area contributed by atoms with E-state index in [1.807, 2.05) is 0 Å². The molecule has 1 heterocycles. The van der Waals surface area contributed by atoms with Crippen LogP contribution in [0.15, 0.2) is 24.3 Å². The van der Waals surface area contributed by atoms with Crippen molar-refractivity contribution in [1.29, 1.82) is 0 Å². The van der Waals surface area contributed by atoms with Crippen LogP contribution in [0.3, 0.4) is 0 Å². The Kier molecular flexibility index (Phi) is 2.70. The summed E-state index contributed by atoms with van der Waals surface area (Å²) in [5, 5.41) is 3.46. The van der Waals surface area contributed by atoms with Crippen molar-refractivity contribution >= 4 is 0 Å². The zero-order valence-electron chi connectivity index (χ0n) is 9.95. The lowest BCUT2D eigenvalue weighted by Gasteiger charge is -2.30. The minimum atomic E-state index is 0.654. The number of likely N-dealkylation sites (N-methyl/N-ethyl adjacent to an activating group) is 1. The van der Waals surface area contributed by atoms with Crippen molar-refractivity contribution in [1.82, 2.24) is 10.2 Å². The Hall–Kier alpha value is -0.860. The summed E-state index contributed by atoms with van der Waals surface area (Å²) < 4.78 is 0. The van der Waals surface area contributed by atoms with Gasteiger partial charge in [-0.1, -0.05) is 24.3 Å². The first kappa shape index (κ1) is 10.3. The maximum Gasteiger partial charge on any atom is 0.0354 e.